The Balaban J connectivity index is 2.21. The molecule has 110 valence electrons. The van der Waals surface area contributed by atoms with Gasteiger partial charge in [-0.3, -0.25) is 0 Å². The lowest BCUT2D eigenvalue weighted by Gasteiger charge is -2.04. The van der Waals surface area contributed by atoms with Gasteiger partial charge in [0.25, 0.3) is 0 Å². The topological polar surface area (TPSA) is 0 Å². The summed E-state index contributed by atoms with van der Waals surface area (Å²) in [6.45, 7) is 9.12. The molecule has 22 heavy (non-hydrogen) atoms. The van der Waals surface area contributed by atoms with Gasteiger partial charge in [-0.2, -0.15) is 0 Å². The minimum absolute atomic E-state index is 0.221. The molecule has 2 aromatic rings. The maximum Gasteiger partial charge on any atom is 0.0393 e. The molecule has 0 aromatic heterocycles. The van der Waals surface area contributed by atoms with Gasteiger partial charge in [-0.15, -0.1) is 0 Å². The van der Waals surface area contributed by atoms with Crippen molar-refractivity contribution in [3.63, 3.8) is 0 Å². The van der Waals surface area contributed by atoms with E-state index in [1.807, 2.05) is 12.1 Å². The second kappa shape index (κ2) is 5.18. The standard InChI is InChI=1S/C22H22/c1-21(2)20(22(21,3)4)16-15-19(17-11-7-5-8-12-17)18-13-9-6-10-14-18/h5-14H,1-4H3. The zero-order valence-electron chi connectivity index (χ0n) is 13.8. The summed E-state index contributed by atoms with van der Waals surface area (Å²) in [7, 11) is 0. The lowest BCUT2D eigenvalue weighted by atomic mass is 9.99. The molecule has 0 amide bonds. The third-order valence-corrected chi connectivity index (χ3v) is 5.19. The van der Waals surface area contributed by atoms with Gasteiger partial charge in [0.2, 0.25) is 0 Å². The van der Waals surface area contributed by atoms with Crippen molar-refractivity contribution >= 4 is 5.57 Å². The average molecular weight is 286 g/mol. The molecule has 0 spiro atoms. The highest BCUT2D eigenvalue weighted by molar-refractivity contribution is 5.79. The second-order valence-electron chi connectivity index (χ2n) is 6.98. The lowest BCUT2D eigenvalue weighted by Crippen LogP contribution is -1.95. The third-order valence-electron chi connectivity index (χ3n) is 5.19. The van der Waals surface area contributed by atoms with Crippen LogP contribution < -0.4 is 0 Å². The molecule has 0 heteroatoms. The van der Waals surface area contributed by atoms with E-state index in [9.17, 15) is 0 Å². The van der Waals surface area contributed by atoms with Crippen LogP contribution in [0.25, 0.3) is 5.57 Å². The Morgan fingerprint density at radius 1 is 0.682 bits per heavy atom. The zero-order valence-corrected chi connectivity index (χ0v) is 13.8. The van der Waals surface area contributed by atoms with E-state index in [1.165, 1.54) is 16.7 Å². The van der Waals surface area contributed by atoms with Crippen LogP contribution in [0.5, 0.6) is 0 Å². The minimum Gasteiger partial charge on any atom is -0.0693 e. The summed E-state index contributed by atoms with van der Waals surface area (Å²) < 4.78 is 0. The number of benzene rings is 2. The van der Waals surface area contributed by atoms with Crippen molar-refractivity contribution in [2.24, 2.45) is 10.8 Å². The third kappa shape index (κ3) is 2.38. The highest BCUT2D eigenvalue weighted by atomic mass is 14.6. The van der Waals surface area contributed by atoms with Gasteiger partial charge in [0.1, 0.15) is 0 Å². The Kier molecular flexibility index (Phi) is 3.45. The van der Waals surface area contributed by atoms with Crippen LogP contribution in [-0.4, -0.2) is 0 Å². The van der Waals surface area contributed by atoms with Gasteiger partial charge in [-0.1, -0.05) is 99.8 Å². The monoisotopic (exact) mass is 286 g/mol. The smallest absolute Gasteiger partial charge is 0.0393 e. The Hall–Kier alpha value is -2.26. The quantitative estimate of drug-likeness (QED) is 0.606. The molecule has 0 atom stereocenters. The maximum absolute atomic E-state index is 3.46. The van der Waals surface area contributed by atoms with E-state index in [2.05, 4.69) is 87.7 Å². The minimum atomic E-state index is 0.221. The molecule has 0 unspecified atom stereocenters. The number of allylic oxidation sites excluding steroid dienone is 1. The molecule has 0 saturated heterocycles. The fourth-order valence-electron chi connectivity index (χ4n) is 2.99. The molecule has 1 fully saturated rings. The molecule has 0 N–H and O–H groups in total. The van der Waals surface area contributed by atoms with Crippen molar-refractivity contribution in [3.05, 3.63) is 88.8 Å². The SMILES string of the molecule is CC1(C)C(=C=C=C(c2ccccc2)c2ccccc2)C1(C)C. The molecule has 0 heterocycles. The Bertz CT molecular complexity index is 719. The van der Waals surface area contributed by atoms with Crippen LogP contribution in [0.3, 0.4) is 0 Å². The molecule has 0 aliphatic heterocycles. The van der Waals surface area contributed by atoms with E-state index in [1.54, 1.807) is 0 Å². The normalized spacial score (nSPS) is 17.4. The Morgan fingerprint density at radius 2 is 1.09 bits per heavy atom. The largest absolute Gasteiger partial charge is 0.0693 e. The van der Waals surface area contributed by atoms with Crippen molar-refractivity contribution in [2.75, 3.05) is 0 Å². The molecule has 2 aromatic carbocycles. The van der Waals surface area contributed by atoms with Gasteiger partial charge < -0.3 is 0 Å². The Morgan fingerprint density at radius 3 is 1.45 bits per heavy atom. The first-order valence-corrected chi connectivity index (χ1v) is 7.82. The molecule has 0 radical (unpaired) electrons. The van der Waals surface area contributed by atoms with Crippen LogP contribution in [0, 0.1) is 10.8 Å². The summed E-state index contributed by atoms with van der Waals surface area (Å²) in [6.07, 6.45) is 0. The second-order valence-corrected chi connectivity index (χ2v) is 6.98. The van der Waals surface area contributed by atoms with Crippen molar-refractivity contribution in [2.45, 2.75) is 27.7 Å². The van der Waals surface area contributed by atoms with Crippen molar-refractivity contribution < 1.29 is 0 Å². The van der Waals surface area contributed by atoms with Gasteiger partial charge in [-0.25, -0.2) is 0 Å². The zero-order chi connectivity index (χ0) is 15.8. The van der Waals surface area contributed by atoms with Crippen LogP contribution in [0.15, 0.2) is 77.7 Å². The van der Waals surface area contributed by atoms with Crippen LogP contribution in [0.4, 0.5) is 0 Å². The number of hydrogen-bond donors (Lipinski definition) is 0. The van der Waals surface area contributed by atoms with Crippen molar-refractivity contribution in [3.8, 4) is 0 Å². The summed E-state index contributed by atoms with van der Waals surface area (Å²) in [4.78, 5) is 0. The summed E-state index contributed by atoms with van der Waals surface area (Å²) in [5.74, 6) is 0. The van der Waals surface area contributed by atoms with Gasteiger partial charge in [0, 0.05) is 16.4 Å². The van der Waals surface area contributed by atoms with Crippen molar-refractivity contribution in [1.29, 1.82) is 0 Å². The molecule has 0 bridgehead atoms. The van der Waals surface area contributed by atoms with Gasteiger partial charge in [-0.05, 0) is 16.7 Å². The fraction of sp³-hybridized carbons (Fsp3) is 0.273. The predicted octanol–water partition coefficient (Wildman–Crippen LogP) is 5.86. The molecule has 1 saturated carbocycles. The van der Waals surface area contributed by atoms with Crippen LogP contribution in [0.2, 0.25) is 0 Å². The highest BCUT2D eigenvalue weighted by Crippen LogP contribution is 2.67. The van der Waals surface area contributed by atoms with E-state index < -0.39 is 0 Å². The summed E-state index contributed by atoms with van der Waals surface area (Å²) in [5, 5.41) is 0. The predicted molar refractivity (Wildman–Crippen MR) is 93.5 cm³/mol. The van der Waals surface area contributed by atoms with Crippen LogP contribution >= 0.6 is 0 Å². The van der Waals surface area contributed by atoms with E-state index in [4.69, 9.17) is 0 Å². The number of hydrogen-bond acceptors (Lipinski definition) is 0. The average Bonchev–Trinajstić information content (AvgIpc) is 2.91. The molecular formula is C22H22. The van der Waals surface area contributed by atoms with E-state index in [-0.39, 0.29) is 10.8 Å². The van der Waals surface area contributed by atoms with E-state index >= 15 is 0 Å². The molecule has 1 aliphatic rings. The fourth-order valence-corrected chi connectivity index (χ4v) is 2.99. The molecular weight excluding hydrogens is 264 g/mol. The van der Waals surface area contributed by atoms with Crippen LogP contribution in [0.1, 0.15) is 38.8 Å². The van der Waals surface area contributed by atoms with E-state index in [0.717, 1.165) is 5.57 Å². The first-order valence-electron chi connectivity index (χ1n) is 7.82. The first kappa shape index (κ1) is 14.7. The molecule has 3 rings (SSSR count). The van der Waals surface area contributed by atoms with E-state index in [0.29, 0.717) is 0 Å². The summed E-state index contributed by atoms with van der Waals surface area (Å²) in [5.41, 5.74) is 12.2. The highest BCUT2D eigenvalue weighted by Gasteiger charge is 2.60. The molecule has 0 nitrogen and oxygen atoms in total. The van der Waals surface area contributed by atoms with Gasteiger partial charge in [0.05, 0.1) is 0 Å². The summed E-state index contributed by atoms with van der Waals surface area (Å²) >= 11 is 0. The maximum atomic E-state index is 3.46. The first-order chi connectivity index (χ1) is 10.4. The Labute approximate surface area is 133 Å². The number of rotatable bonds is 2. The van der Waals surface area contributed by atoms with Crippen molar-refractivity contribution in [1.82, 2.24) is 0 Å². The summed E-state index contributed by atoms with van der Waals surface area (Å²) in [6, 6.07) is 20.9. The van der Waals surface area contributed by atoms with Crippen LogP contribution in [-0.2, 0) is 0 Å². The molecule has 1 aliphatic carbocycles. The lowest BCUT2D eigenvalue weighted by molar-refractivity contribution is 0.457. The van der Waals surface area contributed by atoms with Gasteiger partial charge in [0.15, 0.2) is 0 Å². The van der Waals surface area contributed by atoms with Gasteiger partial charge >= 0.3 is 0 Å².